The van der Waals surface area contributed by atoms with Crippen LogP contribution in [0.2, 0.25) is 10.0 Å². The van der Waals surface area contributed by atoms with Gasteiger partial charge in [-0.05, 0) is 54.1 Å². The number of amides is 2. The first-order valence-corrected chi connectivity index (χ1v) is 11.4. The van der Waals surface area contributed by atoms with Crippen LogP contribution in [0.4, 0.5) is 5.69 Å². The zero-order chi connectivity index (χ0) is 25.9. The average molecular weight is 528 g/mol. The third-order valence-electron chi connectivity index (χ3n) is 4.65. The van der Waals surface area contributed by atoms with Crippen molar-refractivity contribution in [2.24, 2.45) is 5.10 Å². The molecule has 8 nitrogen and oxygen atoms in total. The highest BCUT2D eigenvalue weighted by Gasteiger charge is 2.14. The van der Waals surface area contributed by atoms with Gasteiger partial charge in [-0.15, -0.1) is 0 Å². The van der Waals surface area contributed by atoms with Crippen molar-refractivity contribution in [3.05, 3.63) is 94.5 Å². The van der Waals surface area contributed by atoms with Gasteiger partial charge in [-0.1, -0.05) is 48.0 Å². The lowest BCUT2D eigenvalue weighted by Crippen LogP contribution is -2.32. The second-order valence-corrected chi connectivity index (χ2v) is 8.01. The summed E-state index contributed by atoms with van der Waals surface area (Å²) < 4.78 is 16.7. The smallest absolute Gasteiger partial charge is 0.329 e. The maximum Gasteiger partial charge on any atom is 0.329 e. The minimum atomic E-state index is -0.945. The molecule has 186 valence electrons. The van der Waals surface area contributed by atoms with E-state index in [0.29, 0.717) is 45.2 Å². The second kappa shape index (κ2) is 13.2. The fraction of sp³-hybridized carbons (Fsp3) is 0.115. The molecule has 0 atom stereocenters. The lowest BCUT2D eigenvalue weighted by Gasteiger charge is -2.13. The number of hydrogen-bond acceptors (Lipinski definition) is 6. The van der Waals surface area contributed by atoms with Gasteiger partial charge in [-0.3, -0.25) is 9.59 Å². The summed E-state index contributed by atoms with van der Waals surface area (Å²) in [6.45, 7) is 4.12. The van der Waals surface area contributed by atoms with Crippen molar-refractivity contribution in [2.45, 2.75) is 6.61 Å². The lowest BCUT2D eigenvalue weighted by atomic mass is 10.2. The van der Waals surface area contributed by atoms with E-state index < -0.39 is 11.8 Å². The van der Waals surface area contributed by atoms with Gasteiger partial charge < -0.3 is 19.5 Å². The highest BCUT2D eigenvalue weighted by Crippen LogP contribution is 2.31. The predicted molar refractivity (Wildman–Crippen MR) is 140 cm³/mol. The number of halogens is 2. The van der Waals surface area contributed by atoms with Gasteiger partial charge in [-0.2, -0.15) is 5.10 Å². The monoisotopic (exact) mass is 527 g/mol. The summed E-state index contributed by atoms with van der Waals surface area (Å²) in [5.41, 5.74) is 3.94. The summed E-state index contributed by atoms with van der Waals surface area (Å²) in [5.74, 6) is -0.360. The van der Waals surface area contributed by atoms with Crippen LogP contribution in [0, 0.1) is 0 Å². The quantitative estimate of drug-likeness (QED) is 0.163. The summed E-state index contributed by atoms with van der Waals surface area (Å²) in [5, 5.41) is 7.22. The molecular weight excluding hydrogens is 505 g/mol. The molecule has 2 N–H and O–H groups in total. The Morgan fingerprint density at radius 1 is 1.00 bits per heavy atom. The Balaban J connectivity index is 1.62. The Bertz CT molecular complexity index is 1260. The topological polar surface area (TPSA) is 98.2 Å². The molecule has 0 unspecified atom stereocenters. The molecular formula is C26H23Cl2N3O5. The van der Waals surface area contributed by atoms with Crippen LogP contribution >= 0.6 is 23.2 Å². The molecule has 0 bridgehead atoms. The second-order valence-electron chi connectivity index (χ2n) is 7.19. The number of rotatable bonds is 10. The van der Waals surface area contributed by atoms with Crippen LogP contribution in [0.1, 0.15) is 11.1 Å². The number of ether oxygens (including phenoxy) is 3. The number of carbonyl (C=O) groups is 2. The number of nitrogens with one attached hydrogen (secondary N) is 2. The average Bonchev–Trinajstić information content (AvgIpc) is 2.89. The number of hydrogen-bond donors (Lipinski definition) is 2. The highest BCUT2D eigenvalue weighted by atomic mass is 35.5. The first kappa shape index (κ1) is 26.6. The lowest BCUT2D eigenvalue weighted by molar-refractivity contribution is -0.136. The minimum Gasteiger partial charge on any atom is -0.493 e. The van der Waals surface area contributed by atoms with E-state index in [0.717, 1.165) is 5.56 Å². The highest BCUT2D eigenvalue weighted by molar-refractivity contribution is 6.42. The first-order valence-electron chi connectivity index (χ1n) is 10.6. The number of methoxy groups -OCH3 is 1. The Labute approximate surface area is 218 Å². The summed E-state index contributed by atoms with van der Waals surface area (Å²) >= 11 is 12.0. The zero-order valence-corrected chi connectivity index (χ0v) is 20.8. The van der Waals surface area contributed by atoms with Crippen molar-refractivity contribution in [3.8, 4) is 17.2 Å². The van der Waals surface area contributed by atoms with E-state index in [1.807, 2.05) is 0 Å². The van der Waals surface area contributed by atoms with E-state index in [1.54, 1.807) is 66.7 Å². The van der Waals surface area contributed by atoms with Crippen molar-refractivity contribution in [3.63, 3.8) is 0 Å². The third-order valence-corrected chi connectivity index (χ3v) is 5.39. The van der Waals surface area contributed by atoms with Crippen molar-refractivity contribution in [1.82, 2.24) is 5.43 Å². The van der Waals surface area contributed by atoms with Crippen LogP contribution < -0.4 is 25.0 Å². The molecule has 3 rings (SSSR count). The van der Waals surface area contributed by atoms with Crippen molar-refractivity contribution < 1.29 is 23.8 Å². The molecule has 0 fully saturated rings. The normalized spacial score (nSPS) is 10.5. The Morgan fingerprint density at radius 2 is 1.78 bits per heavy atom. The molecule has 0 radical (unpaired) electrons. The molecule has 0 saturated heterocycles. The van der Waals surface area contributed by atoms with Gasteiger partial charge in [-0.25, -0.2) is 5.43 Å². The van der Waals surface area contributed by atoms with E-state index in [1.165, 1.54) is 13.3 Å². The molecule has 0 aliphatic heterocycles. The summed E-state index contributed by atoms with van der Waals surface area (Å²) in [7, 11) is 1.51. The van der Waals surface area contributed by atoms with Crippen LogP contribution in [0.5, 0.6) is 17.2 Å². The molecule has 0 saturated carbocycles. The van der Waals surface area contributed by atoms with Gasteiger partial charge in [0.05, 0.1) is 23.4 Å². The van der Waals surface area contributed by atoms with E-state index in [9.17, 15) is 9.59 Å². The molecule has 0 aliphatic rings. The van der Waals surface area contributed by atoms with Gasteiger partial charge in [0.25, 0.3) is 0 Å². The summed E-state index contributed by atoms with van der Waals surface area (Å²) in [6.07, 6.45) is 2.97. The van der Waals surface area contributed by atoms with Crippen molar-refractivity contribution in [1.29, 1.82) is 0 Å². The Kier molecular flexibility index (Phi) is 9.73. The molecule has 36 heavy (non-hydrogen) atoms. The van der Waals surface area contributed by atoms with Gasteiger partial charge in [0.15, 0.2) is 11.5 Å². The molecule has 3 aromatic carbocycles. The molecule has 0 aromatic heterocycles. The molecule has 0 spiro atoms. The van der Waals surface area contributed by atoms with Crippen LogP contribution in [0.25, 0.3) is 0 Å². The number of anilines is 1. The van der Waals surface area contributed by atoms with E-state index in [4.69, 9.17) is 37.4 Å². The fourth-order valence-corrected chi connectivity index (χ4v) is 3.24. The fourth-order valence-electron chi connectivity index (χ4n) is 2.92. The first-order chi connectivity index (χ1) is 17.4. The van der Waals surface area contributed by atoms with Gasteiger partial charge in [0.1, 0.15) is 19.0 Å². The maximum absolute atomic E-state index is 12.2. The summed E-state index contributed by atoms with van der Waals surface area (Å²) in [4.78, 5) is 24.4. The molecule has 10 heteroatoms. The number of carbonyl (C=O) groups excluding carboxylic acids is 2. The van der Waals surface area contributed by atoms with Crippen molar-refractivity contribution >= 4 is 46.9 Å². The molecule has 2 amide bonds. The van der Waals surface area contributed by atoms with E-state index in [2.05, 4.69) is 22.4 Å². The van der Waals surface area contributed by atoms with Gasteiger partial charge in [0, 0.05) is 11.3 Å². The predicted octanol–water partition coefficient (Wildman–Crippen LogP) is 5.23. The Hall–Kier alpha value is -4.01. The van der Waals surface area contributed by atoms with E-state index in [-0.39, 0.29) is 6.61 Å². The Morgan fingerprint density at radius 3 is 2.47 bits per heavy atom. The van der Waals surface area contributed by atoms with Crippen LogP contribution in [-0.4, -0.2) is 31.7 Å². The maximum atomic E-state index is 12.2. The van der Waals surface area contributed by atoms with E-state index >= 15 is 0 Å². The van der Waals surface area contributed by atoms with Gasteiger partial charge in [0.2, 0.25) is 0 Å². The standard InChI is InChI=1S/C26H23Cl2N3O5/c1-3-13-35-20-10-8-19(9-11-20)30-25(32)26(33)31-29-15-18-5-4-6-23(34-2)24(18)36-16-17-7-12-21(27)22(28)14-17/h3-12,14-15H,1,13,16H2,2H3,(H,30,32)(H,31,33)/b29-15-. The number of hydrazone groups is 1. The number of benzene rings is 3. The number of para-hydroxylation sites is 1. The van der Waals surface area contributed by atoms with Crippen molar-refractivity contribution in [2.75, 3.05) is 19.0 Å². The molecule has 0 heterocycles. The molecule has 0 aliphatic carbocycles. The van der Waals surface area contributed by atoms with Gasteiger partial charge >= 0.3 is 11.8 Å². The summed E-state index contributed by atoms with van der Waals surface area (Å²) in [6, 6.07) is 16.9. The van der Waals surface area contributed by atoms with Crippen LogP contribution in [0.15, 0.2) is 78.4 Å². The zero-order valence-electron chi connectivity index (χ0n) is 19.3. The minimum absolute atomic E-state index is 0.185. The van der Waals surface area contributed by atoms with Crippen LogP contribution in [-0.2, 0) is 16.2 Å². The SMILES string of the molecule is C=CCOc1ccc(NC(=O)C(=O)N/N=C\c2cccc(OC)c2OCc2ccc(Cl)c(Cl)c2)cc1. The van der Waals surface area contributed by atoms with Crippen LogP contribution in [0.3, 0.4) is 0 Å². The number of nitrogens with zero attached hydrogens (tertiary/aromatic N) is 1. The largest absolute Gasteiger partial charge is 0.493 e. The molecule has 3 aromatic rings. The third kappa shape index (κ3) is 7.49.